The van der Waals surface area contributed by atoms with Gasteiger partial charge in [0.05, 0.1) is 23.6 Å². The number of amides is 1. The Morgan fingerprint density at radius 3 is 2.63 bits per heavy atom. The molecule has 0 saturated carbocycles. The standard InChI is InChI=1S/C20H22ClN3O2S/c1-26-18-10-9-16(13-17(18)21)22-19(25)14-27-20(24-11-5-6-12-24)23-15-7-3-2-4-8-15/h2-4,7-10,13H,5-6,11-12,14H2,1H3,(H,22,25). The van der Waals surface area contributed by atoms with Crippen molar-refractivity contribution in [3.05, 3.63) is 53.6 Å². The number of carbonyl (C=O) groups is 1. The van der Waals surface area contributed by atoms with E-state index in [1.54, 1.807) is 25.3 Å². The van der Waals surface area contributed by atoms with Crippen LogP contribution in [0.1, 0.15) is 12.8 Å². The molecule has 1 fully saturated rings. The van der Waals surface area contributed by atoms with Crippen molar-refractivity contribution in [1.82, 2.24) is 4.90 Å². The van der Waals surface area contributed by atoms with Crippen molar-refractivity contribution in [3.8, 4) is 5.75 Å². The molecule has 5 nitrogen and oxygen atoms in total. The van der Waals surface area contributed by atoms with E-state index >= 15 is 0 Å². The maximum Gasteiger partial charge on any atom is 0.234 e. The molecule has 0 radical (unpaired) electrons. The predicted molar refractivity (Wildman–Crippen MR) is 113 cm³/mol. The molecule has 1 aliphatic heterocycles. The third-order valence-electron chi connectivity index (χ3n) is 4.13. The van der Waals surface area contributed by atoms with E-state index in [1.807, 2.05) is 30.3 Å². The fraction of sp³-hybridized carbons (Fsp3) is 0.300. The average molecular weight is 404 g/mol. The topological polar surface area (TPSA) is 53.9 Å². The molecular formula is C20H22ClN3O2S. The summed E-state index contributed by atoms with van der Waals surface area (Å²) in [4.78, 5) is 19.4. The second-order valence-electron chi connectivity index (χ2n) is 6.11. The highest BCUT2D eigenvalue weighted by atomic mass is 35.5. The summed E-state index contributed by atoms with van der Waals surface area (Å²) in [6.45, 7) is 1.96. The Morgan fingerprint density at radius 2 is 1.96 bits per heavy atom. The van der Waals surface area contributed by atoms with Crippen LogP contribution in [0.4, 0.5) is 11.4 Å². The fourth-order valence-corrected chi connectivity index (χ4v) is 3.91. The summed E-state index contributed by atoms with van der Waals surface area (Å²) in [6.07, 6.45) is 2.32. The average Bonchev–Trinajstić information content (AvgIpc) is 3.21. The van der Waals surface area contributed by atoms with Crippen LogP contribution in [0, 0.1) is 0 Å². The lowest BCUT2D eigenvalue weighted by molar-refractivity contribution is -0.113. The van der Waals surface area contributed by atoms with Gasteiger partial charge in [0.1, 0.15) is 5.75 Å². The molecule has 0 aromatic heterocycles. The molecule has 27 heavy (non-hydrogen) atoms. The smallest absolute Gasteiger partial charge is 0.234 e. The van der Waals surface area contributed by atoms with Crippen molar-refractivity contribution in [3.63, 3.8) is 0 Å². The number of carbonyl (C=O) groups excluding carboxylic acids is 1. The summed E-state index contributed by atoms with van der Waals surface area (Å²) in [7, 11) is 1.56. The maximum atomic E-state index is 12.4. The molecule has 3 rings (SSSR count). The quantitative estimate of drug-likeness (QED) is 0.575. The van der Waals surface area contributed by atoms with Crippen LogP contribution in [0.2, 0.25) is 5.02 Å². The van der Waals surface area contributed by atoms with Gasteiger partial charge in [-0.25, -0.2) is 4.99 Å². The van der Waals surface area contributed by atoms with Crippen LogP contribution >= 0.6 is 23.4 Å². The number of hydrogen-bond acceptors (Lipinski definition) is 4. The summed E-state index contributed by atoms with van der Waals surface area (Å²) in [5.41, 5.74) is 1.54. The molecule has 1 amide bonds. The molecule has 2 aromatic carbocycles. The number of nitrogens with one attached hydrogen (secondary N) is 1. The minimum Gasteiger partial charge on any atom is -0.495 e. The number of hydrogen-bond donors (Lipinski definition) is 1. The Bertz CT molecular complexity index is 808. The SMILES string of the molecule is COc1ccc(NC(=O)CSC(=Nc2ccccc2)N2CCCC2)cc1Cl. The lowest BCUT2D eigenvalue weighted by Gasteiger charge is -2.19. The van der Waals surface area contributed by atoms with Crippen LogP contribution in [0.5, 0.6) is 5.75 Å². The molecule has 0 spiro atoms. The van der Waals surface area contributed by atoms with Gasteiger partial charge in [-0.1, -0.05) is 41.6 Å². The first-order valence-electron chi connectivity index (χ1n) is 8.80. The fourth-order valence-electron chi connectivity index (χ4n) is 2.79. The normalized spacial score (nSPS) is 14.3. The second-order valence-corrected chi connectivity index (χ2v) is 7.46. The first-order chi connectivity index (χ1) is 13.2. The molecule has 1 aliphatic rings. The van der Waals surface area contributed by atoms with Crippen LogP contribution in [0.25, 0.3) is 0 Å². The number of nitrogens with zero attached hydrogens (tertiary/aromatic N) is 2. The number of thioether (sulfide) groups is 1. The van der Waals surface area contributed by atoms with Crippen molar-refractivity contribution in [1.29, 1.82) is 0 Å². The van der Waals surface area contributed by atoms with Crippen LogP contribution in [0.15, 0.2) is 53.5 Å². The zero-order valence-corrected chi connectivity index (χ0v) is 16.7. The van der Waals surface area contributed by atoms with Gasteiger partial charge < -0.3 is 15.0 Å². The van der Waals surface area contributed by atoms with Gasteiger partial charge in [-0.3, -0.25) is 4.79 Å². The molecule has 0 atom stereocenters. The zero-order chi connectivity index (χ0) is 19.1. The first kappa shape index (κ1) is 19.6. The Hall–Kier alpha value is -2.18. The Kier molecular flexibility index (Phi) is 7.01. The minimum absolute atomic E-state index is 0.0961. The minimum atomic E-state index is -0.0961. The number of benzene rings is 2. The lowest BCUT2D eigenvalue weighted by Crippen LogP contribution is -2.27. The highest BCUT2D eigenvalue weighted by molar-refractivity contribution is 8.14. The number of likely N-dealkylation sites (tertiary alicyclic amines) is 1. The van der Waals surface area contributed by atoms with Crippen LogP contribution < -0.4 is 10.1 Å². The van der Waals surface area contributed by atoms with Gasteiger partial charge in [-0.15, -0.1) is 0 Å². The molecule has 0 aliphatic carbocycles. The van der Waals surface area contributed by atoms with Crippen LogP contribution in [0.3, 0.4) is 0 Å². The Morgan fingerprint density at radius 1 is 1.22 bits per heavy atom. The van der Waals surface area contributed by atoms with Crippen molar-refractivity contribution in [2.24, 2.45) is 4.99 Å². The van der Waals surface area contributed by atoms with E-state index in [9.17, 15) is 4.79 Å². The second kappa shape index (κ2) is 9.67. The Labute approximate surface area is 168 Å². The number of amidine groups is 1. The monoisotopic (exact) mass is 403 g/mol. The zero-order valence-electron chi connectivity index (χ0n) is 15.2. The maximum absolute atomic E-state index is 12.4. The predicted octanol–water partition coefficient (Wildman–Crippen LogP) is 4.80. The number of para-hydroxylation sites is 1. The molecular weight excluding hydrogens is 382 g/mol. The first-order valence-corrected chi connectivity index (χ1v) is 10.2. The number of ether oxygens (including phenoxy) is 1. The number of halogens is 1. The molecule has 0 bridgehead atoms. The number of aliphatic imine (C=N–C) groups is 1. The van der Waals surface area contributed by atoms with E-state index in [2.05, 4.69) is 10.2 Å². The molecule has 142 valence electrons. The highest BCUT2D eigenvalue weighted by Gasteiger charge is 2.18. The molecule has 1 N–H and O–H groups in total. The van der Waals surface area contributed by atoms with Crippen molar-refractivity contribution >= 4 is 45.8 Å². The van der Waals surface area contributed by atoms with E-state index in [1.165, 1.54) is 11.8 Å². The Balaban J connectivity index is 1.63. The molecule has 1 heterocycles. The van der Waals surface area contributed by atoms with Crippen LogP contribution in [-0.2, 0) is 4.79 Å². The van der Waals surface area contributed by atoms with Gasteiger partial charge in [0, 0.05) is 18.8 Å². The summed E-state index contributed by atoms with van der Waals surface area (Å²) in [5.74, 6) is 0.766. The van der Waals surface area contributed by atoms with Gasteiger partial charge in [0.2, 0.25) is 5.91 Å². The van der Waals surface area contributed by atoms with E-state index in [0.29, 0.717) is 16.5 Å². The molecule has 7 heteroatoms. The van der Waals surface area contributed by atoms with Gasteiger partial charge >= 0.3 is 0 Å². The van der Waals surface area contributed by atoms with E-state index < -0.39 is 0 Å². The van der Waals surface area contributed by atoms with E-state index in [-0.39, 0.29) is 11.7 Å². The third kappa shape index (κ3) is 5.65. The van der Waals surface area contributed by atoms with Crippen LogP contribution in [-0.4, -0.2) is 41.9 Å². The molecule has 0 unspecified atom stereocenters. The van der Waals surface area contributed by atoms with E-state index in [4.69, 9.17) is 21.3 Å². The lowest BCUT2D eigenvalue weighted by atomic mass is 10.3. The summed E-state index contributed by atoms with van der Waals surface area (Å²) >= 11 is 7.57. The summed E-state index contributed by atoms with van der Waals surface area (Å²) in [5, 5.41) is 4.23. The number of methoxy groups -OCH3 is 1. The molecule has 2 aromatic rings. The van der Waals surface area contributed by atoms with Crippen molar-refractivity contribution < 1.29 is 9.53 Å². The summed E-state index contributed by atoms with van der Waals surface area (Å²) in [6, 6.07) is 15.0. The van der Waals surface area contributed by atoms with Gasteiger partial charge in [-0.2, -0.15) is 0 Å². The van der Waals surface area contributed by atoms with Gasteiger partial charge in [-0.05, 0) is 43.2 Å². The summed E-state index contributed by atoms with van der Waals surface area (Å²) < 4.78 is 5.13. The number of rotatable bonds is 5. The van der Waals surface area contributed by atoms with Gasteiger partial charge in [0.15, 0.2) is 5.17 Å². The number of anilines is 1. The van der Waals surface area contributed by atoms with E-state index in [0.717, 1.165) is 36.8 Å². The van der Waals surface area contributed by atoms with Crippen molar-refractivity contribution in [2.75, 3.05) is 31.3 Å². The third-order valence-corrected chi connectivity index (χ3v) is 5.44. The van der Waals surface area contributed by atoms with Gasteiger partial charge in [0.25, 0.3) is 0 Å². The highest BCUT2D eigenvalue weighted by Crippen LogP contribution is 2.27. The van der Waals surface area contributed by atoms with Crippen molar-refractivity contribution in [2.45, 2.75) is 12.8 Å². The largest absolute Gasteiger partial charge is 0.495 e. The molecule has 1 saturated heterocycles.